The summed E-state index contributed by atoms with van der Waals surface area (Å²) in [6, 6.07) is 19.0. The molecule has 2 heteroatoms. The number of nitrogens with two attached hydrogens (primary N) is 1. The Morgan fingerprint density at radius 2 is 1.58 bits per heavy atom. The highest BCUT2D eigenvalue weighted by Crippen LogP contribution is 2.21. The summed E-state index contributed by atoms with van der Waals surface area (Å²) < 4.78 is 0. The lowest BCUT2D eigenvalue weighted by atomic mass is 10.0. The normalized spacial score (nSPS) is 12.1. The molecule has 0 radical (unpaired) electrons. The molecule has 0 aliphatic rings. The number of rotatable bonds is 6. The minimum atomic E-state index is 0.550. The van der Waals surface area contributed by atoms with Crippen molar-refractivity contribution in [1.82, 2.24) is 0 Å². The summed E-state index contributed by atoms with van der Waals surface area (Å²) in [7, 11) is 0. The van der Waals surface area contributed by atoms with E-state index in [-0.39, 0.29) is 0 Å². The molecule has 2 nitrogen and oxygen atoms in total. The van der Waals surface area contributed by atoms with Crippen LogP contribution >= 0.6 is 0 Å². The molecule has 0 aliphatic heterocycles. The molecule has 0 heterocycles. The third-order valence-electron chi connectivity index (χ3n) is 3.50. The SMILES string of the molecule is CCC(CN)CNc1ccc(-c2ccccc2)cc1. The van der Waals surface area contributed by atoms with Crippen molar-refractivity contribution < 1.29 is 0 Å². The molecule has 0 amide bonds. The third kappa shape index (κ3) is 3.83. The molecule has 2 rings (SSSR count). The Hall–Kier alpha value is -1.80. The van der Waals surface area contributed by atoms with Gasteiger partial charge < -0.3 is 11.1 Å². The summed E-state index contributed by atoms with van der Waals surface area (Å²) >= 11 is 0. The van der Waals surface area contributed by atoms with Gasteiger partial charge in [0.1, 0.15) is 0 Å². The van der Waals surface area contributed by atoms with Crippen LogP contribution in [0, 0.1) is 5.92 Å². The van der Waals surface area contributed by atoms with E-state index >= 15 is 0 Å². The molecule has 3 N–H and O–H groups in total. The number of anilines is 1. The second kappa shape index (κ2) is 6.95. The van der Waals surface area contributed by atoms with E-state index in [0.717, 1.165) is 25.2 Å². The van der Waals surface area contributed by atoms with E-state index in [0.29, 0.717) is 5.92 Å². The highest BCUT2D eigenvalue weighted by Gasteiger charge is 2.03. The molecule has 0 spiro atoms. The first-order valence-corrected chi connectivity index (χ1v) is 6.93. The van der Waals surface area contributed by atoms with Crippen LogP contribution < -0.4 is 11.1 Å². The Morgan fingerprint density at radius 3 is 2.16 bits per heavy atom. The monoisotopic (exact) mass is 254 g/mol. The van der Waals surface area contributed by atoms with E-state index in [1.54, 1.807) is 0 Å². The van der Waals surface area contributed by atoms with E-state index in [1.807, 2.05) is 6.07 Å². The smallest absolute Gasteiger partial charge is 0.0340 e. The number of hydrogen-bond donors (Lipinski definition) is 2. The van der Waals surface area contributed by atoms with Gasteiger partial charge in [0.15, 0.2) is 0 Å². The number of hydrogen-bond acceptors (Lipinski definition) is 2. The fourth-order valence-corrected chi connectivity index (χ4v) is 2.07. The largest absolute Gasteiger partial charge is 0.385 e. The molecule has 0 saturated carbocycles. The van der Waals surface area contributed by atoms with Gasteiger partial charge in [-0.1, -0.05) is 55.8 Å². The van der Waals surface area contributed by atoms with Crippen molar-refractivity contribution in [2.75, 3.05) is 18.4 Å². The quantitative estimate of drug-likeness (QED) is 0.824. The van der Waals surface area contributed by atoms with Gasteiger partial charge in [-0.2, -0.15) is 0 Å². The first kappa shape index (κ1) is 13.6. The lowest BCUT2D eigenvalue weighted by Crippen LogP contribution is -2.21. The van der Waals surface area contributed by atoms with Gasteiger partial charge in [0.25, 0.3) is 0 Å². The number of benzene rings is 2. The second-order valence-electron chi connectivity index (χ2n) is 4.83. The predicted molar refractivity (Wildman–Crippen MR) is 83.2 cm³/mol. The average molecular weight is 254 g/mol. The van der Waals surface area contributed by atoms with Crippen LogP contribution in [0.2, 0.25) is 0 Å². The van der Waals surface area contributed by atoms with Crippen LogP contribution in [0.5, 0.6) is 0 Å². The van der Waals surface area contributed by atoms with Crippen LogP contribution in [0.15, 0.2) is 54.6 Å². The van der Waals surface area contributed by atoms with Gasteiger partial charge in [0.2, 0.25) is 0 Å². The van der Waals surface area contributed by atoms with Crippen molar-refractivity contribution in [2.45, 2.75) is 13.3 Å². The van der Waals surface area contributed by atoms with Crippen LogP contribution in [-0.2, 0) is 0 Å². The molecule has 19 heavy (non-hydrogen) atoms. The van der Waals surface area contributed by atoms with Crippen molar-refractivity contribution in [2.24, 2.45) is 11.7 Å². The molecular weight excluding hydrogens is 232 g/mol. The zero-order valence-corrected chi connectivity index (χ0v) is 11.5. The maximum absolute atomic E-state index is 5.71. The minimum absolute atomic E-state index is 0.550. The fourth-order valence-electron chi connectivity index (χ4n) is 2.07. The average Bonchev–Trinajstić information content (AvgIpc) is 2.50. The van der Waals surface area contributed by atoms with E-state index in [1.165, 1.54) is 11.1 Å². The maximum Gasteiger partial charge on any atom is 0.0340 e. The van der Waals surface area contributed by atoms with Gasteiger partial charge in [-0.05, 0) is 35.7 Å². The highest BCUT2D eigenvalue weighted by molar-refractivity contribution is 5.65. The highest BCUT2D eigenvalue weighted by atomic mass is 14.9. The van der Waals surface area contributed by atoms with Crippen LogP contribution in [0.1, 0.15) is 13.3 Å². The van der Waals surface area contributed by atoms with Crippen LogP contribution in [-0.4, -0.2) is 13.1 Å². The predicted octanol–water partition coefficient (Wildman–Crippen LogP) is 3.75. The Kier molecular flexibility index (Phi) is 4.99. The summed E-state index contributed by atoms with van der Waals surface area (Å²) in [6.07, 6.45) is 1.12. The number of nitrogens with one attached hydrogen (secondary N) is 1. The molecule has 0 saturated heterocycles. The van der Waals surface area contributed by atoms with Crippen molar-refractivity contribution in [1.29, 1.82) is 0 Å². The zero-order valence-electron chi connectivity index (χ0n) is 11.5. The zero-order chi connectivity index (χ0) is 13.5. The first-order chi connectivity index (χ1) is 9.33. The summed E-state index contributed by atoms with van der Waals surface area (Å²) in [5, 5.41) is 3.45. The van der Waals surface area contributed by atoms with E-state index in [4.69, 9.17) is 5.73 Å². The molecule has 0 bridgehead atoms. The topological polar surface area (TPSA) is 38.0 Å². The molecule has 100 valence electrons. The van der Waals surface area contributed by atoms with Crippen molar-refractivity contribution in [3.05, 3.63) is 54.6 Å². The van der Waals surface area contributed by atoms with Crippen LogP contribution in [0.3, 0.4) is 0 Å². The molecule has 1 atom stereocenters. The van der Waals surface area contributed by atoms with Crippen LogP contribution in [0.25, 0.3) is 11.1 Å². The summed E-state index contributed by atoms with van der Waals surface area (Å²) in [4.78, 5) is 0. The van der Waals surface area contributed by atoms with Gasteiger partial charge in [0.05, 0.1) is 0 Å². The van der Waals surface area contributed by atoms with Gasteiger partial charge in [-0.25, -0.2) is 0 Å². The van der Waals surface area contributed by atoms with Crippen molar-refractivity contribution in [3.63, 3.8) is 0 Å². The molecule has 1 unspecified atom stereocenters. The fraction of sp³-hybridized carbons (Fsp3) is 0.294. The Bertz CT molecular complexity index is 472. The van der Waals surface area contributed by atoms with Crippen molar-refractivity contribution in [3.8, 4) is 11.1 Å². The molecule has 0 aliphatic carbocycles. The second-order valence-corrected chi connectivity index (χ2v) is 4.83. The molecular formula is C17H22N2. The molecule has 0 aromatic heterocycles. The third-order valence-corrected chi connectivity index (χ3v) is 3.50. The van der Waals surface area contributed by atoms with Gasteiger partial charge in [0, 0.05) is 12.2 Å². The molecule has 0 fully saturated rings. The molecule has 2 aromatic carbocycles. The lowest BCUT2D eigenvalue weighted by molar-refractivity contribution is 0.548. The van der Waals surface area contributed by atoms with E-state index in [9.17, 15) is 0 Å². The van der Waals surface area contributed by atoms with E-state index < -0.39 is 0 Å². The standard InChI is InChI=1S/C17H22N2/c1-2-14(12-18)13-19-17-10-8-16(9-11-17)15-6-4-3-5-7-15/h3-11,14,19H,2,12-13,18H2,1H3. The maximum atomic E-state index is 5.71. The molecule has 2 aromatic rings. The van der Waals surface area contributed by atoms with E-state index in [2.05, 4.69) is 60.8 Å². The van der Waals surface area contributed by atoms with Crippen LogP contribution in [0.4, 0.5) is 5.69 Å². The van der Waals surface area contributed by atoms with Gasteiger partial charge in [-0.15, -0.1) is 0 Å². The van der Waals surface area contributed by atoms with Gasteiger partial charge in [-0.3, -0.25) is 0 Å². The summed E-state index contributed by atoms with van der Waals surface area (Å²) in [5.74, 6) is 0.550. The first-order valence-electron chi connectivity index (χ1n) is 6.93. The Labute approximate surface area is 115 Å². The van der Waals surface area contributed by atoms with Crippen molar-refractivity contribution >= 4 is 5.69 Å². The van der Waals surface area contributed by atoms with Gasteiger partial charge >= 0.3 is 0 Å². The Balaban J connectivity index is 1.99. The summed E-state index contributed by atoms with van der Waals surface area (Å²) in [6.45, 7) is 3.86. The lowest BCUT2D eigenvalue weighted by Gasteiger charge is -2.14. The summed E-state index contributed by atoms with van der Waals surface area (Å²) in [5.41, 5.74) is 9.37. The Morgan fingerprint density at radius 1 is 0.947 bits per heavy atom. The minimum Gasteiger partial charge on any atom is -0.385 e.